The Kier molecular flexibility index (Phi) is 6.28. The molecule has 10 aromatic carbocycles. The van der Waals surface area contributed by atoms with Crippen LogP contribution in [-0.2, 0) is 0 Å². The molecule has 0 N–H and O–H groups in total. The summed E-state index contributed by atoms with van der Waals surface area (Å²) in [5.74, 6) is 0. The van der Waals surface area contributed by atoms with Crippen molar-refractivity contribution in [2.45, 2.75) is 0 Å². The zero-order valence-corrected chi connectivity index (χ0v) is 30.0. The summed E-state index contributed by atoms with van der Waals surface area (Å²) in [6, 6.07) is 66.8. The van der Waals surface area contributed by atoms with Crippen LogP contribution in [0.15, 0.2) is 186 Å². The average Bonchev–Trinajstić information content (AvgIpc) is 3.81. The van der Waals surface area contributed by atoms with Crippen molar-refractivity contribution < 1.29 is 4.42 Å². The monoisotopic (exact) mass is 702 g/mol. The number of fused-ring (bicyclic) bond motifs is 12. The van der Waals surface area contributed by atoms with E-state index in [0.717, 1.165) is 11.2 Å². The molecule has 12 aromatic rings. The molecule has 0 amide bonds. The third kappa shape index (κ3) is 4.32. The first-order valence-corrected chi connectivity index (χ1v) is 19.3. The third-order valence-corrected chi connectivity index (χ3v) is 12.6. The molecular weight excluding hydrogens is 673 g/mol. The van der Waals surface area contributed by atoms with Crippen LogP contribution in [0.4, 0.5) is 0 Å². The van der Waals surface area contributed by atoms with E-state index >= 15 is 0 Å². The summed E-state index contributed by atoms with van der Waals surface area (Å²) in [6.07, 6.45) is 0. The number of furan rings is 1. The number of thiophene rings is 1. The lowest BCUT2D eigenvalue weighted by Crippen LogP contribution is -1.90. The lowest BCUT2D eigenvalue weighted by atomic mass is 9.85. The third-order valence-electron chi connectivity index (χ3n) is 11.4. The van der Waals surface area contributed by atoms with Gasteiger partial charge in [0.2, 0.25) is 0 Å². The Hall–Kier alpha value is -6.74. The summed E-state index contributed by atoms with van der Waals surface area (Å²) in [5, 5.41) is 14.9. The van der Waals surface area contributed by atoms with E-state index in [1.54, 1.807) is 0 Å². The lowest BCUT2D eigenvalue weighted by Gasteiger charge is -2.18. The van der Waals surface area contributed by atoms with E-state index in [2.05, 4.69) is 176 Å². The number of para-hydroxylation sites is 1. The van der Waals surface area contributed by atoms with E-state index in [1.807, 2.05) is 17.4 Å². The quantitative estimate of drug-likeness (QED) is 0.167. The summed E-state index contributed by atoms with van der Waals surface area (Å²) in [5.41, 5.74) is 9.43. The molecule has 2 aromatic heterocycles. The fourth-order valence-corrected chi connectivity index (χ4v) is 10.1. The number of rotatable bonds is 3. The largest absolute Gasteiger partial charge is 0.455 e. The Morgan fingerprint density at radius 2 is 0.815 bits per heavy atom. The summed E-state index contributed by atoms with van der Waals surface area (Å²) in [7, 11) is 0. The van der Waals surface area contributed by atoms with Gasteiger partial charge < -0.3 is 4.42 Å². The van der Waals surface area contributed by atoms with Crippen LogP contribution in [0.2, 0.25) is 0 Å². The minimum atomic E-state index is 0.937. The van der Waals surface area contributed by atoms with E-state index in [-0.39, 0.29) is 0 Å². The molecule has 2 heteroatoms. The van der Waals surface area contributed by atoms with Crippen molar-refractivity contribution in [1.82, 2.24) is 0 Å². The smallest absolute Gasteiger partial charge is 0.143 e. The molecule has 2 heterocycles. The topological polar surface area (TPSA) is 13.1 Å². The van der Waals surface area contributed by atoms with Gasteiger partial charge in [0.25, 0.3) is 0 Å². The molecule has 0 aliphatic rings. The standard InChI is InChI=1S/C52H30OS/c1-2-10-31(11-3-1)49-38-13-4-6-15-40(38)50(41-16-7-5-14-39(41)49)36-21-20-32-28-33(18-19-34(32)29-36)35-22-27-48-46(30-35)45-26-24-43-44(52(45)54-48)25-23-42-37-12-8-9-17-47(37)53-51(42)43/h1-30H. The number of benzene rings is 10. The minimum Gasteiger partial charge on any atom is -0.455 e. The molecule has 1 nitrogen and oxygen atoms in total. The van der Waals surface area contributed by atoms with Gasteiger partial charge in [-0.25, -0.2) is 0 Å². The Labute approximate surface area is 314 Å². The highest BCUT2D eigenvalue weighted by molar-refractivity contribution is 7.26. The van der Waals surface area contributed by atoms with Gasteiger partial charge in [0, 0.05) is 41.7 Å². The highest BCUT2D eigenvalue weighted by Gasteiger charge is 2.18. The van der Waals surface area contributed by atoms with E-state index in [4.69, 9.17) is 4.42 Å². The van der Waals surface area contributed by atoms with Crippen molar-refractivity contribution in [3.63, 3.8) is 0 Å². The van der Waals surface area contributed by atoms with Crippen LogP contribution in [0.25, 0.3) is 119 Å². The predicted octanol–water partition coefficient (Wildman–Crippen LogP) is 15.6. The molecule has 0 unspecified atom stereocenters. The zero-order valence-electron chi connectivity index (χ0n) is 29.1. The van der Waals surface area contributed by atoms with Crippen LogP contribution < -0.4 is 0 Å². The molecule has 0 saturated heterocycles. The van der Waals surface area contributed by atoms with Gasteiger partial charge in [0.15, 0.2) is 0 Å². The summed E-state index contributed by atoms with van der Waals surface area (Å²) in [6.45, 7) is 0. The van der Waals surface area contributed by atoms with Gasteiger partial charge in [-0.05, 0) is 108 Å². The Bertz CT molecular complexity index is 3440. The van der Waals surface area contributed by atoms with Crippen molar-refractivity contribution in [2.75, 3.05) is 0 Å². The van der Waals surface area contributed by atoms with Crippen LogP contribution >= 0.6 is 11.3 Å². The Morgan fingerprint density at radius 3 is 1.52 bits per heavy atom. The molecule has 0 atom stereocenters. The van der Waals surface area contributed by atoms with Crippen molar-refractivity contribution in [3.8, 4) is 33.4 Å². The van der Waals surface area contributed by atoms with Crippen molar-refractivity contribution in [2.24, 2.45) is 0 Å². The van der Waals surface area contributed by atoms with Crippen LogP contribution in [-0.4, -0.2) is 0 Å². The maximum Gasteiger partial charge on any atom is 0.143 e. The van der Waals surface area contributed by atoms with E-state index in [9.17, 15) is 0 Å². The van der Waals surface area contributed by atoms with Gasteiger partial charge >= 0.3 is 0 Å². The molecule has 0 radical (unpaired) electrons. The van der Waals surface area contributed by atoms with E-state index in [1.165, 1.54) is 107 Å². The van der Waals surface area contributed by atoms with E-state index in [0.29, 0.717) is 0 Å². The van der Waals surface area contributed by atoms with Crippen LogP contribution in [0.5, 0.6) is 0 Å². The van der Waals surface area contributed by atoms with Crippen LogP contribution in [0.1, 0.15) is 0 Å². The van der Waals surface area contributed by atoms with Crippen molar-refractivity contribution in [3.05, 3.63) is 182 Å². The SMILES string of the molecule is c1ccc(-c2c3ccccc3c(-c3ccc4cc(-c5ccc6sc7c(ccc8c7ccc7c9ccccc9oc78)c6c5)ccc4c3)c3ccccc23)cc1. The second-order valence-electron chi connectivity index (χ2n) is 14.4. The second kappa shape index (κ2) is 11.4. The molecule has 12 rings (SSSR count). The molecule has 250 valence electrons. The predicted molar refractivity (Wildman–Crippen MR) is 233 cm³/mol. The fourth-order valence-electron chi connectivity index (χ4n) is 8.94. The maximum atomic E-state index is 6.40. The fraction of sp³-hybridized carbons (Fsp3) is 0. The Morgan fingerprint density at radius 1 is 0.315 bits per heavy atom. The molecular formula is C52H30OS. The van der Waals surface area contributed by atoms with Gasteiger partial charge in [0.1, 0.15) is 11.2 Å². The number of hydrogen-bond donors (Lipinski definition) is 0. The van der Waals surface area contributed by atoms with Gasteiger partial charge in [-0.3, -0.25) is 0 Å². The molecule has 0 fully saturated rings. The minimum absolute atomic E-state index is 0.937. The van der Waals surface area contributed by atoms with Crippen molar-refractivity contribution >= 4 is 96.5 Å². The first-order chi connectivity index (χ1) is 26.8. The highest BCUT2D eigenvalue weighted by atomic mass is 32.1. The summed E-state index contributed by atoms with van der Waals surface area (Å²) < 4.78 is 9.01. The van der Waals surface area contributed by atoms with Gasteiger partial charge in [-0.1, -0.05) is 140 Å². The number of hydrogen-bond acceptors (Lipinski definition) is 2. The normalized spacial score (nSPS) is 12.1. The zero-order chi connectivity index (χ0) is 35.3. The van der Waals surface area contributed by atoms with Crippen molar-refractivity contribution in [1.29, 1.82) is 0 Å². The van der Waals surface area contributed by atoms with Crippen LogP contribution in [0.3, 0.4) is 0 Å². The molecule has 0 saturated carbocycles. The van der Waals surface area contributed by atoms with E-state index < -0.39 is 0 Å². The lowest BCUT2D eigenvalue weighted by molar-refractivity contribution is 0.672. The first kappa shape index (κ1) is 29.8. The molecule has 0 bridgehead atoms. The van der Waals surface area contributed by atoms with Gasteiger partial charge in [-0.2, -0.15) is 0 Å². The van der Waals surface area contributed by atoms with Gasteiger partial charge in [0.05, 0.1) is 0 Å². The Balaban J connectivity index is 0.975. The second-order valence-corrected chi connectivity index (χ2v) is 15.4. The summed E-state index contributed by atoms with van der Waals surface area (Å²) in [4.78, 5) is 0. The molecule has 0 spiro atoms. The maximum absolute atomic E-state index is 6.40. The molecule has 0 aliphatic carbocycles. The first-order valence-electron chi connectivity index (χ1n) is 18.5. The van der Waals surface area contributed by atoms with Gasteiger partial charge in [-0.15, -0.1) is 11.3 Å². The van der Waals surface area contributed by atoms with Crippen LogP contribution in [0, 0.1) is 0 Å². The average molecular weight is 703 g/mol. The highest BCUT2D eigenvalue weighted by Crippen LogP contribution is 2.46. The summed E-state index contributed by atoms with van der Waals surface area (Å²) >= 11 is 1.87. The molecule has 0 aliphatic heterocycles. The molecule has 54 heavy (non-hydrogen) atoms.